The number of rotatable bonds is 6. The largest absolute Gasteiger partial charge is 0.507 e. The molecule has 7 heteroatoms. The maximum absolute atomic E-state index is 12.6. The molecular formula is C18H16Cl2O5. The second-order valence-corrected chi connectivity index (χ2v) is 5.81. The first-order valence-electron chi connectivity index (χ1n) is 7.11. The molecule has 0 radical (unpaired) electrons. The number of benzene rings is 2. The minimum absolute atomic E-state index is 0.0375. The van der Waals surface area contributed by atoms with Crippen molar-refractivity contribution >= 4 is 35.1 Å². The standard InChI is InChI=1S/C18H16Cl2O5/c1-23-15-9-14(22)16(18(25-3)17(15)24-2)13(21)5-4-10-6-11(19)8-12(20)7-10/h4-9,22H,1-3H3/b5-4+. The molecule has 0 unspecified atom stereocenters. The SMILES string of the molecule is COc1cc(O)c(C(=O)/C=C/c2cc(Cl)cc(Cl)c2)c(OC)c1OC. The summed E-state index contributed by atoms with van der Waals surface area (Å²) in [6.07, 6.45) is 2.82. The number of carbonyl (C=O) groups excluding carboxylic acids is 1. The van der Waals surface area contributed by atoms with Crippen LogP contribution in [0.15, 0.2) is 30.3 Å². The van der Waals surface area contributed by atoms with E-state index in [1.807, 2.05) is 0 Å². The van der Waals surface area contributed by atoms with Gasteiger partial charge in [0.05, 0.1) is 21.3 Å². The van der Waals surface area contributed by atoms with Crippen LogP contribution in [0, 0.1) is 0 Å². The van der Waals surface area contributed by atoms with E-state index >= 15 is 0 Å². The van der Waals surface area contributed by atoms with Gasteiger partial charge in [-0.05, 0) is 29.8 Å². The molecule has 0 saturated carbocycles. The van der Waals surface area contributed by atoms with Crippen LogP contribution in [0.4, 0.5) is 0 Å². The van der Waals surface area contributed by atoms with Gasteiger partial charge in [0, 0.05) is 16.1 Å². The van der Waals surface area contributed by atoms with Crippen molar-refractivity contribution in [2.45, 2.75) is 0 Å². The van der Waals surface area contributed by atoms with Crippen molar-refractivity contribution in [2.75, 3.05) is 21.3 Å². The van der Waals surface area contributed by atoms with E-state index in [-0.39, 0.29) is 28.6 Å². The van der Waals surface area contributed by atoms with E-state index < -0.39 is 5.78 Å². The lowest BCUT2D eigenvalue weighted by Gasteiger charge is -2.15. The van der Waals surface area contributed by atoms with E-state index in [2.05, 4.69) is 0 Å². The third kappa shape index (κ3) is 4.18. The number of phenols is 1. The number of aromatic hydroxyl groups is 1. The third-order valence-electron chi connectivity index (χ3n) is 3.37. The highest BCUT2D eigenvalue weighted by Crippen LogP contribution is 2.44. The molecule has 0 aliphatic carbocycles. The van der Waals surface area contributed by atoms with Crippen LogP contribution in [0.2, 0.25) is 10.0 Å². The molecule has 0 aliphatic heterocycles. The van der Waals surface area contributed by atoms with Crippen LogP contribution in [0.25, 0.3) is 6.08 Å². The fourth-order valence-corrected chi connectivity index (χ4v) is 2.85. The number of ether oxygens (including phenoxy) is 3. The summed E-state index contributed by atoms with van der Waals surface area (Å²) in [5.74, 6) is -0.220. The van der Waals surface area contributed by atoms with Gasteiger partial charge in [-0.1, -0.05) is 29.3 Å². The van der Waals surface area contributed by atoms with Crippen molar-refractivity contribution in [3.05, 3.63) is 51.5 Å². The fraction of sp³-hybridized carbons (Fsp3) is 0.167. The fourth-order valence-electron chi connectivity index (χ4n) is 2.31. The first-order valence-corrected chi connectivity index (χ1v) is 7.87. The maximum atomic E-state index is 12.6. The molecule has 0 spiro atoms. The van der Waals surface area contributed by atoms with Gasteiger partial charge in [0.1, 0.15) is 11.3 Å². The zero-order chi connectivity index (χ0) is 18.6. The van der Waals surface area contributed by atoms with E-state index in [0.717, 1.165) is 0 Å². The molecule has 0 heterocycles. The van der Waals surface area contributed by atoms with Gasteiger partial charge in [-0.15, -0.1) is 0 Å². The average Bonchev–Trinajstić information content (AvgIpc) is 2.57. The number of hydrogen-bond donors (Lipinski definition) is 1. The molecule has 1 N–H and O–H groups in total. The quantitative estimate of drug-likeness (QED) is 0.583. The molecule has 0 fully saturated rings. The number of phenolic OH excluding ortho intramolecular Hbond substituents is 1. The molecule has 0 aromatic heterocycles. The van der Waals surface area contributed by atoms with E-state index in [4.69, 9.17) is 37.4 Å². The molecule has 132 valence electrons. The number of allylic oxidation sites excluding steroid dienone is 1. The molecule has 2 aromatic carbocycles. The Bertz CT molecular complexity index is 810. The lowest BCUT2D eigenvalue weighted by atomic mass is 10.1. The summed E-state index contributed by atoms with van der Waals surface area (Å²) in [4.78, 5) is 12.6. The van der Waals surface area contributed by atoms with Crippen LogP contribution < -0.4 is 14.2 Å². The summed E-state index contributed by atoms with van der Waals surface area (Å²) >= 11 is 11.9. The van der Waals surface area contributed by atoms with Gasteiger partial charge >= 0.3 is 0 Å². The summed E-state index contributed by atoms with van der Waals surface area (Å²) in [6, 6.07) is 6.19. The van der Waals surface area contributed by atoms with Crippen LogP contribution in [0.5, 0.6) is 23.0 Å². The molecule has 2 aromatic rings. The lowest BCUT2D eigenvalue weighted by molar-refractivity contribution is 0.104. The van der Waals surface area contributed by atoms with Gasteiger partial charge in [0.2, 0.25) is 5.75 Å². The maximum Gasteiger partial charge on any atom is 0.204 e. The topological polar surface area (TPSA) is 65.0 Å². The van der Waals surface area contributed by atoms with Gasteiger partial charge in [-0.25, -0.2) is 0 Å². The van der Waals surface area contributed by atoms with Crippen molar-refractivity contribution in [1.82, 2.24) is 0 Å². The second-order valence-electron chi connectivity index (χ2n) is 4.94. The summed E-state index contributed by atoms with van der Waals surface area (Å²) in [6.45, 7) is 0. The summed E-state index contributed by atoms with van der Waals surface area (Å²) in [5, 5.41) is 11.1. The van der Waals surface area contributed by atoms with E-state index in [1.54, 1.807) is 18.2 Å². The van der Waals surface area contributed by atoms with Crippen LogP contribution >= 0.6 is 23.2 Å². The molecule has 0 aliphatic rings. The first kappa shape index (κ1) is 19.0. The first-order chi connectivity index (χ1) is 11.9. The Kier molecular flexibility index (Phi) is 6.17. The van der Waals surface area contributed by atoms with E-state index in [9.17, 15) is 9.90 Å². The van der Waals surface area contributed by atoms with Gasteiger partial charge in [0.25, 0.3) is 0 Å². The zero-order valence-electron chi connectivity index (χ0n) is 13.8. The van der Waals surface area contributed by atoms with Crippen LogP contribution in [-0.4, -0.2) is 32.2 Å². The predicted molar refractivity (Wildman–Crippen MR) is 97.6 cm³/mol. The number of ketones is 1. The molecule has 5 nitrogen and oxygen atoms in total. The number of methoxy groups -OCH3 is 3. The van der Waals surface area contributed by atoms with Gasteiger partial charge in [-0.2, -0.15) is 0 Å². The lowest BCUT2D eigenvalue weighted by Crippen LogP contribution is -2.03. The predicted octanol–water partition coefficient (Wildman–Crippen LogP) is 4.62. The van der Waals surface area contributed by atoms with E-state index in [0.29, 0.717) is 15.6 Å². The third-order valence-corrected chi connectivity index (χ3v) is 3.80. The Labute approximate surface area is 155 Å². The summed E-state index contributed by atoms with van der Waals surface area (Å²) in [7, 11) is 4.20. The molecule has 0 bridgehead atoms. The number of carbonyl (C=O) groups is 1. The van der Waals surface area contributed by atoms with Crippen molar-refractivity contribution in [3.8, 4) is 23.0 Å². The number of halogens is 2. The number of hydrogen-bond acceptors (Lipinski definition) is 5. The van der Waals surface area contributed by atoms with Crippen molar-refractivity contribution in [3.63, 3.8) is 0 Å². The molecule has 25 heavy (non-hydrogen) atoms. The van der Waals surface area contributed by atoms with Crippen LogP contribution in [0.1, 0.15) is 15.9 Å². The highest BCUT2D eigenvalue weighted by Gasteiger charge is 2.24. The summed E-state index contributed by atoms with van der Waals surface area (Å²) < 4.78 is 15.6. The van der Waals surface area contributed by atoms with Gasteiger partial charge < -0.3 is 19.3 Å². The average molecular weight is 383 g/mol. The van der Waals surface area contributed by atoms with Crippen LogP contribution in [-0.2, 0) is 0 Å². The highest BCUT2D eigenvalue weighted by molar-refractivity contribution is 6.34. The second kappa shape index (κ2) is 8.14. The highest BCUT2D eigenvalue weighted by atomic mass is 35.5. The normalized spacial score (nSPS) is 10.8. The molecular weight excluding hydrogens is 367 g/mol. The summed E-state index contributed by atoms with van der Waals surface area (Å²) in [5.41, 5.74) is 0.606. The van der Waals surface area contributed by atoms with Crippen molar-refractivity contribution in [1.29, 1.82) is 0 Å². The molecule has 0 atom stereocenters. The Balaban J connectivity index is 2.46. The van der Waals surface area contributed by atoms with Crippen molar-refractivity contribution < 1.29 is 24.1 Å². The van der Waals surface area contributed by atoms with E-state index in [1.165, 1.54) is 39.5 Å². The minimum atomic E-state index is -0.480. The van der Waals surface area contributed by atoms with Gasteiger partial charge in [0.15, 0.2) is 17.3 Å². The van der Waals surface area contributed by atoms with Gasteiger partial charge in [-0.3, -0.25) is 4.79 Å². The smallest absolute Gasteiger partial charge is 0.204 e. The molecule has 0 saturated heterocycles. The monoisotopic (exact) mass is 382 g/mol. The molecule has 2 rings (SSSR count). The minimum Gasteiger partial charge on any atom is -0.507 e. The Morgan fingerprint density at radius 2 is 1.56 bits per heavy atom. The zero-order valence-corrected chi connectivity index (χ0v) is 15.3. The Morgan fingerprint density at radius 3 is 2.08 bits per heavy atom. The van der Waals surface area contributed by atoms with Crippen LogP contribution in [0.3, 0.4) is 0 Å². The Hall–Kier alpha value is -2.37. The molecule has 0 amide bonds. The Morgan fingerprint density at radius 1 is 0.960 bits per heavy atom. The van der Waals surface area contributed by atoms with Crippen molar-refractivity contribution in [2.24, 2.45) is 0 Å².